The zero-order chi connectivity index (χ0) is 21.5. The Hall–Kier alpha value is 0.314. The summed E-state index contributed by atoms with van der Waals surface area (Å²) in [6.07, 6.45) is 6.85. The maximum Gasteiger partial charge on any atom is 0.0548 e. The molecule has 164 valence electrons. The lowest BCUT2D eigenvalue weighted by molar-refractivity contribution is 0.120. The fraction of sp³-hybridized carbons (Fsp3) is 1.00. The van der Waals surface area contributed by atoms with E-state index in [4.69, 9.17) is 16.2 Å². The lowest BCUT2D eigenvalue weighted by Crippen LogP contribution is -2.60. The van der Waals surface area contributed by atoms with E-state index in [0.717, 1.165) is 38.9 Å². The first-order valence-electron chi connectivity index (χ1n) is 11.2. The van der Waals surface area contributed by atoms with Crippen LogP contribution in [0.15, 0.2) is 0 Å². The summed E-state index contributed by atoms with van der Waals surface area (Å²) < 4.78 is 5.90. The molecule has 0 rings (SSSR count). The number of ether oxygens (including phenoxy) is 1. The second-order valence-electron chi connectivity index (χ2n) is 11.4. The SMILES string of the molecule is C[SiH](C)C(N)(CCCCOCCCCC(N)([SiH](C)C)C(C)(C)C)C(C)(C)C. The molecule has 0 bridgehead atoms. The first kappa shape index (κ1) is 27.3. The molecule has 0 aliphatic heterocycles. The Morgan fingerprint density at radius 1 is 0.593 bits per heavy atom. The highest BCUT2D eigenvalue weighted by atomic mass is 28.3. The van der Waals surface area contributed by atoms with Crippen molar-refractivity contribution < 1.29 is 4.74 Å². The van der Waals surface area contributed by atoms with Gasteiger partial charge in [0.25, 0.3) is 0 Å². The van der Waals surface area contributed by atoms with E-state index in [2.05, 4.69) is 67.7 Å². The van der Waals surface area contributed by atoms with Crippen LogP contribution >= 0.6 is 0 Å². The number of hydrogen-bond acceptors (Lipinski definition) is 3. The summed E-state index contributed by atoms with van der Waals surface area (Å²) in [4.78, 5) is 0. The lowest BCUT2D eigenvalue weighted by Gasteiger charge is -2.45. The van der Waals surface area contributed by atoms with Gasteiger partial charge in [-0.25, -0.2) is 0 Å². The zero-order valence-corrected chi connectivity index (χ0v) is 22.7. The van der Waals surface area contributed by atoms with Crippen molar-refractivity contribution in [3.8, 4) is 0 Å². The number of unbranched alkanes of at least 4 members (excludes halogenated alkanes) is 2. The Morgan fingerprint density at radius 3 is 1.11 bits per heavy atom. The second kappa shape index (κ2) is 10.9. The average molecular weight is 417 g/mol. The van der Waals surface area contributed by atoms with Crippen LogP contribution in [0.5, 0.6) is 0 Å². The highest BCUT2D eigenvalue weighted by Crippen LogP contribution is 2.35. The highest BCUT2D eigenvalue weighted by Gasteiger charge is 2.41. The molecule has 3 nitrogen and oxygen atoms in total. The van der Waals surface area contributed by atoms with E-state index in [0.29, 0.717) is 0 Å². The molecule has 0 aliphatic carbocycles. The molecule has 0 aromatic heterocycles. The van der Waals surface area contributed by atoms with Crippen molar-refractivity contribution in [2.24, 2.45) is 22.3 Å². The summed E-state index contributed by atoms with van der Waals surface area (Å²) in [5, 5.41) is 0.0658. The molecule has 0 aromatic rings. The molecule has 0 amide bonds. The molecule has 0 spiro atoms. The van der Waals surface area contributed by atoms with Crippen molar-refractivity contribution in [3.63, 3.8) is 0 Å². The maximum absolute atomic E-state index is 6.81. The average Bonchev–Trinajstić information content (AvgIpc) is 2.49. The van der Waals surface area contributed by atoms with Crippen LogP contribution in [-0.4, -0.2) is 41.1 Å². The monoisotopic (exact) mass is 416 g/mol. The van der Waals surface area contributed by atoms with Gasteiger partial charge in [0.15, 0.2) is 0 Å². The summed E-state index contributed by atoms with van der Waals surface area (Å²) >= 11 is 0. The molecule has 0 radical (unpaired) electrons. The zero-order valence-electron chi connectivity index (χ0n) is 20.4. The molecule has 0 saturated carbocycles. The van der Waals surface area contributed by atoms with Crippen LogP contribution in [0.2, 0.25) is 26.2 Å². The van der Waals surface area contributed by atoms with Crippen molar-refractivity contribution in [1.82, 2.24) is 0 Å². The Kier molecular flexibility index (Phi) is 11.0. The quantitative estimate of drug-likeness (QED) is 0.352. The number of hydrogen-bond donors (Lipinski definition) is 2. The van der Waals surface area contributed by atoms with Gasteiger partial charge < -0.3 is 16.2 Å². The summed E-state index contributed by atoms with van der Waals surface area (Å²) in [6, 6.07) is 0. The topological polar surface area (TPSA) is 61.3 Å². The van der Waals surface area contributed by atoms with Crippen molar-refractivity contribution in [2.75, 3.05) is 13.2 Å². The Bertz CT molecular complexity index is 378. The van der Waals surface area contributed by atoms with Gasteiger partial charge in [0.1, 0.15) is 0 Å². The fourth-order valence-electron chi connectivity index (χ4n) is 4.40. The summed E-state index contributed by atoms with van der Waals surface area (Å²) in [6.45, 7) is 25.1. The van der Waals surface area contributed by atoms with Gasteiger partial charge in [-0.3, -0.25) is 0 Å². The summed E-state index contributed by atoms with van der Waals surface area (Å²) in [7, 11) is -1.82. The van der Waals surface area contributed by atoms with Crippen molar-refractivity contribution in [1.29, 1.82) is 0 Å². The van der Waals surface area contributed by atoms with E-state index in [-0.39, 0.29) is 21.2 Å². The molecule has 0 aliphatic rings. The molecule has 4 N–H and O–H groups in total. The Morgan fingerprint density at radius 2 is 0.889 bits per heavy atom. The lowest BCUT2D eigenvalue weighted by atomic mass is 9.83. The molecular weight excluding hydrogens is 364 g/mol. The molecule has 2 atom stereocenters. The van der Waals surface area contributed by atoms with Gasteiger partial charge in [-0.1, -0.05) is 67.7 Å². The minimum Gasteiger partial charge on any atom is -0.381 e. The maximum atomic E-state index is 6.81. The highest BCUT2D eigenvalue weighted by molar-refractivity contribution is 6.60. The normalized spacial score (nSPS) is 18.0. The van der Waals surface area contributed by atoms with Gasteiger partial charge in [-0.05, 0) is 49.4 Å². The minimum absolute atomic E-state index is 0.0329. The number of rotatable bonds is 12. The third kappa shape index (κ3) is 7.92. The molecule has 0 aromatic carbocycles. The molecule has 2 unspecified atom stereocenters. The van der Waals surface area contributed by atoms with E-state index < -0.39 is 17.6 Å². The predicted molar refractivity (Wildman–Crippen MR) is 129 cm³/mol. The van der Waals surface area contributed by atoms with Crippen LogP contribution in [-0.2, 0) is 4.74 Å². The van der Waals surface area contributed by atoms with Crippen LogP contribution in [0.25, 0.3) is 0 Å². The Balaban J connectivity index is 4.06. The largest absolute Gasteiger partial charge is 0.381 e. The van der Waals surface area contributed by atoms with Gasteiger partial charge in [-0.2, -0.15) is 0 Å². The van der Waals surface area contributed by atoms with Crippen LogP contribution in [0.4, 0.5) is 0 Å². The molecule has 27 heavy (non-hydrogen) atoms. The summed E-state index contributed by atoms with van der Waals surface area (Å²) in [5.41, 5.74) is 14.0. The first-order chi connectivity index (χ1) is 12.1. The van der Waals surface area contributed by atoms with Crippen LogP contribution in [0.3, 0.4) is 0 Å². The van der Waals surface area contributed by atoms with Crippen molar-refractivity contribution in [3.05, 3.63) is 0 Å². The van der Waals surface area contributed by atoms with Crippen LogP contribution < -0.4 is 11.5 Å². The van der Waals surface area contributed by atoms with Gasteiger partial charge in [-0.15, -0.1) is 0 Å². The molecule has 0 heterocycles. The van der Waals surface area contributed by atoms with E-state index in [1.807, 2.05) is 0 Å². The van der Waals surface area contributed by atoms with Crippen molar-refractivity contribution in [2.45, 2.75) is 117 Å². The fourth-order valence-corrected chi connectivity index (χ4v) is 9.43. The molecule has 0 fully saturated rings. The smallest absolute Gasteiger partial charge is 0.0548 e. The molecule has 5 heteroatoms. The first-order valence-corrected chi connectivity index (χ1v) is 17.0. The second-order valence-corrected chi connectivity index (χ2v) is 18.1. The van der Waals surface area contributed by atoms with Crippen LogP contribution in [0.1, 0.15) is 80.1 Å². The standard InChI is InChI=1S/C22H52N2OSi2/c1-19(2,3)21(23,26(7)8)15-11-13-17-25-18-14-12-16-22(24,27(9)10)20(4,5)6/h26-27H,11-18,23-24H2,1-10H3. The van der Waals surface area contributed by atoms with E-state index in [9.17, 15) is 0 Å². The van der Waals surface area contributed by atoms with Gasteiger partial charge in [0.2, 0.25) is 0 Å². The van der Waals surface area contributed by atoms with Crippen LogP contribution in [0, 0.1) is 10.8 Å². The third-order valence-electron chi connectivity index (χ3n) is 7.11. The Labute approximate surface area is 174 Å². The minimum atomic E-state index is -0.911. The third-order valence-corrected chi connectivity index (χ3v) is 13.5. The van der Waals surface area contributed by atoms with Crippen molar-refractivity contribution >= 4 is 17.6 Å². The van der Waals surface area contributed by atoms with Gasteiger partial charge in [0, 0.05) is 23.5 Å². The number of nitrogens with two attached hydrogens (primary N) is 2. The molecular formula is C22H52N2OSi2. The van der Waals surface area contributed by atoms with E-state index in [1.165, 1.54) is 12.8 Å². The van der Waals surface area contributed by atoms with Gasteiger partial charge in [0.05, 0.1) is 17.6 Å². The van der Waals surface area contributed by atoms with Gasteiger partial charge >= 0.3 is 0 Å². The van der Waals surface area contributed by atoms with E-state index >= 15 is 0 Å². The van der Waals surface area contributed by atoms with E-state index in [1.54, 1.807) is 0 Å². The predicted octanol–water partition coefficient (Wildman–Crippen LogP) is 4.88. The molecule has 0 saturated heterocycles. The summed E-state index contributed by atoms with van der Waals surface area (Å²) in [5.74, 6) is 0.